The molecule has 1 unspecified atom stereocenters. The molecule has 2 atom stereocenters. The third kappa shape index (κ3) is 3.64. The highest BCUT2D eigenvalue weighted by Gasteiger charge is 2.31. The first kappa shape index (κ1) is 13.3. The number of nitrogens with zero attached hydrogens (tertiary/aromatic N) is 1. The van der Waals surface area contributed by atoms with Gasteiger partial charge in [0.2, 0.25) is 0 Å². The molecular formula is C11H22N2O3. The van der Waals surface area contributed by atoms with Gasteiger partial charge in [0.15, 0.2) is 0 Å². The van der Waals surface area contributed by atoms with E-state index in [0.717, 1.165) is 0 Å². The molecule has 0 bridgehead atoms. The second-order valence-corrected chi connectivity index (χ2v) is 5.27. The van der Waals surface area contributed by atoms with Crippen LogP contribution in [0.15, 0.2) is 0 Å². The Kier molecular flexibility index (Phi) is 4.15. The highest BCUT2D eigenvalue weighted by atomic mass is 16.6. The highest BCUT2D eigenvalue weighted by molar-refractivity contribution is 5.68. The Bertz CT molecular complexity index is 250. The van der Waals surface area contributed by atoms with Crippen molar-refractivity contribution >= 4 is 6.09 Å². The van der Waals surface area contributed by atoms with Gasteiger partial charge >= 0.3 is 6.09 Å². The quantitative estimate of drug-likeness (QED) is 0.691. The number of aliphatic hydroxyl groups is 1. The van der Waals surface area contributed by atoms with Gasteiger partial charge in [0.05, 0.1) is 6.61 Å². The number of amides is 1. The molecule has 1 heterocycles. The molecule has 0 aromatic heterocycles. The molecule has 5 nitrogen and oxygen atoms in total. The van der Waals surface area contributed by atoms with Crippen LogP contribution in [-0.4, -0.2) is 53.5 Å². The SMILES string of the molecule is C[C@@H]1CNC(CO)CN1C(=O)OC(C)(C)C. The Labute approximate surface area is 96.8 Å². The van der Waals surface area contributed by atoms with E-state index in [4.69, 9.17) is 9.84 Å². The van der Waals surface area contributed by atoms with Crippen LogP contribution in [0.2, 0.25) is 0 Å². The van der Waals surface area contributed by atoms with Crippen LogP contribution in [0.1, 0.15) is 27.7 Å². The molecule has 2 N–H and O–H groups in total. The summed E-state index contributed by atoms with van der Waals surface area (Å²) in [5.74, 6) is 0. The summed E-state index contributed by atoms with van der Waals surface area (Å²) in [7, 11) is 0. The number of carbonyl (C=O) groups is 1. The lowest BCUT2D eigenvalue weighted by molar-refractivity contribution is 0.00688. The fourth-order valence-corrected chi connectivity index (χ4v) is 1.63. The molecule has 5 heteroatoms. The second-order valence-electron chi connectivity index (χ2n) is 5.27. The van der Waals surface area contributed by atoms with Gasteiger partial charge in [-0.2, -0.15) is 0 Å². The first-order chi connectivity index (χ1) is 7.33. The zero-order chi connectivity index (χ0) is 12.3. The van der Waals surface area contributed by atoms with Gasteiger partial charge in [0.25, 0.3) is 0 Å². The Morgan fingerprint density at radius 2 is 2.19 bits per heavy atom. The van der Waals surface area contributed by atoms with Gasteiger partial charge in [-0.25, -0.2) is 4.79 Å². The third-order valence-electron chi connectivity index (χ3n) is 2.50. The summed E-state index contributed by atoms with van der Waals surface area (Å²) in [5.41, 5.74) is -0.476. The van der Waals surface area contributed by atoms with Crippen molar-refractivity contribution in [2.75, 3.05) is 19.7 Å². The lowest BCUT2D eigenvalue weighted by atomic mass is 10.1. The summed E-state index contributed by atoms with van der Waals surface area (Å²) in [6.45, 7) is 8.72. The van der Waals surface area contributed by atoms with E-state index in [1.807, 2.05) is 27.7 Å². The minimum atomic E-state index is -0.476. The van der Waals surface area contributed by atoms with Crippen molar-refractivity contribution in [3.05, 3.63) is 0 Å². The largest absolute Gasteiger partial charge is 0.444 e. The van der Waals surface area contributed by atoms with E-state index in [-0.39, 0.29) is 24.8 Å². The van der Waals surface area contributed by atoms with Crippen LogP contribution in [-0.2, 0) is 4.74 Å². The number of carbonyl (C=O) groups excluding carboxylic acids is 1. The van der Waals surface area contributed by atoms with Crippen LogP contribution in [0.4, 0.5) is 4.79 Å². The maximum atomic E-state index is 11.9. The molecule has 1 fully saturated rings. The number of nitrogens with one attached hydrogen (secondary N) is 1. The predicted molar refractivity (Wildman–Crippen MR) is 61.3 cm³/mol. The molecule has 1 rings (SSSR count). The Morgan fingerprint density at radius 3 is 2.69 bits per heavy atom. The van der Waals surface area contributed by atoms with Gasteiger partial charge in [-0.15, -0.1) is 0 Å². The number of hydrogen-bond acceptors (Lipinski definition) is 4. The minimum absolute atomic E-state index is 0.0337. The molecule has 0 aromatic rings. The Balaban J connectivity index is 2.59. The molecule has 1 amide bonds. The number of ether oxygens (including phenoxy) is 1. The maximum Gasteiger partial charge on any atom is 0.410 e. The van der Waals surface area contributed by atoms with Gasteiger partial charge in [-0.05, 0) is 27.7 Å². The monoisotopic (exact) mass is 230 g/mol. The summed E-state index contributed by atoms with van der Waals surface area (Å²) in [6, 6.07) is 0.0429. The summed E-state index contributed by atoms with van der Waals surface area (Å²) in [6.07, 6.45) is -0.306. The van der Waals surface area contributed by atoms with E-state index in [2.05, 4.69) is 5.32 Å². The van der Waals surface area contributed by atoms with Crippen molar-refractivity contribution in [3.8, 4) is 0 Å². The molecule has 0 aromatic carbocycles. The molecule has 0 spiro atoms. The first-order valence-corrected chi connectivity index (χ1v) is 5.67. The summed E-state index contributed by atoms with van der Waals surface area (Å²) in [4.78, 5) is 13.5. The molecule has 94 valence electrons. The molecule has 1 aliphatic rings. The van der Waals surface area contributed by atoms with Crippen molar-refractivity contribution in [1.82, 2.24) is 10.2 Å². The summed E-state index contributed by atoms with van der Waals surface area (Å²) >= 11 is 0. The normalized spacial score (nSPS) is 26.7. The van der Waals surface area contributed by atoms with Crippen molar-refractivity contribution in [2.24, 2.45) is 0 Å². The van der Waals surface area contributed by atoms with Gasteiger partial charge in [-0.3, -0.25) is 0 Å². The van der Waals surface area contributed by atoms with Crippen molar-refractivity contribution in [2.45, 2.75) is 45.4 Å². The van der Waals surface area contributed by atoms with Gasteiger partial charge in [-0.1, -0.05) is 0 Å². The zero-order valence-corrected chi connectivity index (χ0v) is 10.5. The van der Waals surface area contributed by atoms with E-state index in [1.165, 1.54) is 0 Å². The summed E-state index contributed by atoms with van der Waals surface area (Å²) < 4.78 is 5.32. The fraction of sp³-hybridized carbons (Fsp3) is 0.909. The van der Waals surface area contributed by atoms with E-state index in [1.54, 1.807) is 4.90 Å². The highest BCUT2D eigenvalue weighted by Crippen LogP contribution is 2.14. The molecule has 0 aliphatic carbocycles. The second kappa shape index (κ2) is 5.01. The van der Waals surface area contributed by atoms with Crippen LogP contribution in [0.25, 0.3) is 0 Å². The third-order valence-corrected chi connectivity index (χ3v) is 2.50. The van der Waals surface area contributed by atoms with E-state index >= 15 is 0 Å². The summed E-state index contributed by atoms with van der Waals surface area (Å²) in [5, 5.41) is 12.2. The maximum absolute atomic E-state index is 11.9. The fourth-order valence-electron chi connectivity index (χ4n) is 1.63. The van der Waals surface area contributed by atoms with E-state index in [9.17, 15) is 4.79 Å². The Hall–Kier alpha value is -0.810. The van der Waals surface area contributed by atoms with Crippen LogP contribution in [0, 0.1) is 0 Å². The molecule has 16 heavy (non-hydrogen) atoms. The number of aliphatic hydroxyl groups excluding tert-OH is 1. The minimum Gasteiger partial charge on any atom is -0.444 e. The van der Waals surface area contributed by atoms with Crippen LogP contribution >= 0.6 is 0 Å². The van der Waals surface area contributed by atoms with Crippen molar-refractivity contribution in [3.63, 3.8) is 0 Å². The molecular weight excluding hydrogens is 208 g/mol. The zero-order valence-electron chi connectivity index (χ0n) is 10.5. The molecule has 1 saturated heterocycles. The van der Waals surface area contributed by atoms with Crippen LogP contribution < -0.4 is 5.32 Å². The lowest BCUT2D eigenvalue weighted by Crippen LogP contribution is -2.59. The molecule has 0 radical (unpaired) electrons. The average molecular weight is 230 g/mol. The predicted octanol–water partition coefficient (Wildman–Crippen LogP) is 0.576. The number of piperazine rings is 1. The average Bonchev–Trinajstić information content (AvgIpc) is 2.15. The standard InChI is InChI=1S/C11H22N2O3/c1-8-5-12-9(7-14)6-13(8)10(15)16-11(2,3)4/h8-9,12,14H,5-7H2,1-4H3/t8-,9?/m1/s1. The smallest absolute Gasteiger partial charge is 0.410 e. The topological polar surface area (TPSA) is 61.8 Å². The van der Waals surface area contributed by atoms with Gasteiger partial charge in [0, 0.05) is 25.2 Å². The van der Waals surface area contributed by atoms with Crippen molar-refractivity contribution < 1.29 is 14.6 Å². The molecule has 0 saturated carbocycles. The molecule has 1 aliphatic heterocycles. The van der Waals surface area contributed by atoms with Crippen molar-refractivity contribution in [1.29, 1.82) is 0 Å². The van der Waals surface area contributed by atoms with E-state index < -0.39 is 5.60 Å². The lowest BCUT2D eigenvalue weighted by Gasteiger charge is -2.38. The van der Waals surface area contributed by atoms with Crippen LogP contribution in [0.5, 0.6) is 0 Å². The number of rotatable bonds is 1. The van der Waals surface area contributed by atoms with Crippen LogP contribution in [0.3, 0.4) is 0 Å². The van der Waals surface area contributed by atoms with E-state index in [0.29, 0.717) is 13.1 Å². The van der Waals surface area contributed by atoms with Gasteiger partial charge in [0.1, 0.15) is 5.60 Å². The number of hydrogen-bond donors (Lipinski definition) is 2. The Morgan fingerprint density at radius 1 is 1.56 bits per heavy atom. The van der Waals surface area contributed by atoms with Gasteiger partial charge < -0.3 is 20.1 Å². The first-order valence-electron chi connectivity index (χ1n) is 5.67.